The molecule has 1 aromatic carbocycles. The van der Waals surface area contributed by atoms with Crippen LogP contribution in [0.5, 0.6) is 5.75 Å². The summed E-state index contributed by atoms with van der Waals surface area (Å²) in [5.41, 5.74) is 0.668. The standard InChI is InChI=1S/C16H22N2O2/c1-5-18(11-12(2)10-17)13(3)16(19)14-6-8-15(20-4)9-7-14/h6-9,12-13H,5,11H2,1-4H3. The minimum Gasteiger partial charge on any atom is -0.497 e. The minimum atomic E-state index is -0.232. The lowest BCUT2D eigenvalue weighted by Crippen LogP contribution is -2.41. The summed E-state index contributed by atoms with van der Waals surface area (Å²) < 4.78 is 5.09. The lowest BCUT2D eigenvalue weighted by atomic mass is 10.0. The Morgan fingerprint density at radius 1 is 1.35 bits per heavy atom. The molecule has 0 saturated heterocycles. The average molecular weight is 274 g/mol. The first-order chi connectivity index (χ1) is 9.53. The second-order valence-electron chi connectivity index (χ2n) is 4.89. The van der Waals surface area contributed by atoms with Crippen LogP contribution in [0, 0.1) is 17.2 Å². The van der Waals surface area contributed by atoms with Gasteiger partial charge in [-0.15, -0.1) is 0 Å². The van der Waals surface area contributed by atoms with Crippen molar-refractivity contribution < 1.29 is 9.53 Å². The molecule has 0 amide bonds. The molecule has 0 bridgehead atoms. The second-order valence-corrected chi connectivity index (χ2v) is 4.89. The molecular weight excluding hydrogens is 252 g/mol. The van der Waals surface area contributed by atoms with Gasteiger partial charge in [-0.1, -0.05) is 6.92 Å². The predicted molar refractivity (Wildman–Crippen MR) is 78.8 cm³/mol. The molecule has 4 nitrogen and oxygen atoms in total. The van der Waals surface area contributed by atoms with E-state index in [1.54, 1.807) is 31.4 Å². The van der Waals surface area contributed by atoms with Crippen LogP contribution in [-0.2, 0) is 0 Å². The molecule has 4 heteroatoms. The van der Waals surface area contributed by atoms with E-state index in [1.807, 2.05) is 25.7 Å². The van der Waals surface area contributed by atoms with E-state index in [4.69, 9.17) is 10.00 Å². The summed E-state index contributed by atoms with van der Waals surface area (Å²) in [7, 11) is 1.60. The van der Waals surface area contributed by atoms with E-state index in [0.717, 1.165) is 12.3 Å². The van der Waals surface area contributed by atoms with Gasteiger partial charge in [0.25, 0.3) is 0 Å². The largest absolute Gasteiger partial charge is 0.497 e. The summed E-state index contributed by atoms with van der Waals surface area (Å²) >= 11 is 0. The van der Waals surface area contributed by atoms with Gasteiger partial charge in [0.1, 0.15) is 5.75 Å². The molecule has 108 valence electrons. The number of carbonyl (C=O) groups excluding carboxylic acids is 1. The van der Waals surface area contributed by atoms with Gasteiger partial charge in [-0.2, -0.15) is 5.26 Å². The van der Waals surface area contributed by atoms with Crippen LogP contribution < -0.4 is 4.74 Å². The molecule has 0 aromatic heterocycles. The highest BCUT2D eigenvalue weighted by Crippen LogP contribution is 2.15. The Balaban J connectivity index is 2.80. The van der Waals surface area contributed by atoms with Gasteiger partial charge in [-0.3, -0.25) is 9.69 Å². The van der Waals surface area contributed by atoms with Crippen molar-refractivity contribution in [3.05, 3.63) is 29.8 Å². The van der Waals surface area contributed by atoms with Crippen LogP contribution in [0.3, 0.4) is 0 Å². The zero-order valence-corrected chi connectivity index (χ0v) is 12.6. The highest BCUT2D eigenvalue weighted by atomic mass is 16.5. The third-order valence-electron chi connectivity index (χ3n) is 3.44. The number of benzene rings is 1. The van der Waals surface area contributed by atoms with Crippen LogP contribution >= 0.6 is 0 Å². The van der Waals surface area contributed by atoms with Gasteiger partial charge >= 0.3 is 0 Å². The number of hydrogen-bond acceptors (Lipinski definition) is 4. The summed E-state index contributed by atoms with van der Waals surface area (Å²) in [6, 6.07) is 9.10. The molecule has 0 aliphatic heterocycles. The lowest BCUT2D eigenvalue weighted by Gasteiger charge is -2.27. The molecule has 2 atom stereocenters. The van der Waals surface area contributed by atoms with E-state index < -0.39 is 0 Å². The monoisotopic (exact) mass is 274 g/mol. The molecule has 0 N–H and O–H groups in total. The van der Waals surface area contributed by atoms with Crippen molar-refractivity contribution in [2.45, 2.75) is 26.8 Å². The second kappa shape index (κ2) is 7.66. The average Bonchev–Trinajstić information content (AvgIpc) is 2.50. The zero-order valence-electron chi connectivity index (χ0n) is 12.6. The summed E-state index contributed by atoms with van der Waals surface area (Å²) in [4.78, 5) is 14.5. The van der Waals surface area contributed by atoms with Gasteiger partial charge in [0, 0.05) is 12.1 Å². The summed E-state index contributed by atoms with van der Waals surface area (Å²) in [6.07, 6.45) is 0. The van der Waals surface area contributed by atoms with Crippen LogP contribution in [-0.4, -0.2) is 36.9 Å². The number of hydrogen-bond donors (Lipinski definition) is 0. The number of nitrogens with zero attached hydrogens (tertiary/aromatic N) is 2. The first-order valence-electron chi connectivity index (χ1n) is 6.85. The van der Waals surface area contributed by atoms with Crippen LogP contribution in [0.4, 0.5) is 0 Å². The third kappa shape index (κ3) is 4.07. The maximum atomic E-state index is 12.4. The first-order valence-corrected chi connectivity index (χ1v) is 6.85. The highest BCUT2D eigenvalue weighted by Gasteiger charge is 2.22. The number of nitriles is 1. The zero-order chi connectivity index (χ0) is 15.1. The number of Topliss-reactive ketones (excluding diaryl/α,β-unsaturated/α-hetero) is 1. The van der Waals surface area contributed by atoms with Gasteiger partial charge in [0.2, 0.25) is 0 Å². The molecular formula is C16H22N2O2. The number of ether oxygens (including phenoxy) is 1. The fourth-order valence-corrected chi connectivity index (χ4v) is 2.12. The van der Waals surface area contributed by atoms with Crippen molar-refractivity contribution in [1.82, 2.24) is 4.90 Å². The number of rotatable bonds is 7. The van der Waals surface area contributed by atoms with Crippen molar-refractivity contribution >= 4 is 5.78 Å². The molecule has 0 spiro atoms. The van der Waals surface area contributed by atoms with Crippen LogP contribution in [0.15, 0.2) is 24.3 Å². The fourth-order valence-electron chi connectivity index (χ4n) is 2.12. The summed E-state index contributed by atoms with van der Waals surface area (Å²) in [5, 5.41) is 8.90. The number of methoxy groups -OCH3 is 1. The Hall–Kier alpha value is -1.86. The van der Waals surface area contributed by atoms with E-state index in [1.165, 1.54) is 0 Å². The minimum absolute atomic E-state index is 0.0691. The predicted octanol–water partition coefficient (Wildman–Crippen LogP) is 2.75. The fraction of sp³-hybridized carbons (Fsp3) is 0.500. The van der Waals surface area contributed by atoms with Crippen molar-refractivity contribution in [3.63, 3.8) is 0 Å². The Bertz CT molecular complexity index is 476. The Morgan fingerprint density at radius 3 is 2.40 bits per heavy atom. The maximum absolute atomic E-state index is 12.4. The number of ketones is 1. The topological polar surface area (TPSA) is 53.3 Å². The van der Waals surface area contributed by atoms with Crippen LogP contribution in [0.1, 0.15) is 31.1 Å². The maximum Gasteiger partial charge on any atom is 0.179 e. The molecule has 1 rings (SSSR count). The molecule has 0 aliphatic carbocycles. The van der Waals surface area contributed by atoms with E-state index in [-0.39, 0.29) is 17.7 Å². The molecule has 0 radical (unpaired) electrons. The highest BCUT2D eigenvalue weighted by molar-refractivity contribution is 5.99. The first kappa shape index (κ1) is 16.2. The van der Waals surface area contributed by atoms with Crippen molar-refractivity contribution in [1.29, 1.82) is 5.26 Å². The Kier molecular flexibility index (Phi) is 6.20. The van der Waals surface area contributed by atoms with E-state index in [0.29, 0.717) is 12.1 Å². The molecule has 0 fully saturated rings. The van der Waals surface area contributed by atoms with Crippen LogP contribution in [0.2, 0.25) is 0 Å². The summed E-state index contributed by atoms with van der Waals surface area (Å²) in [6.45, 7) is 7.11. The Labute approximate surface area is 121 Å². The van der Waals surface area contributed by atoms with Gasteiger partial charge < -0.3 is 4.74 Å². The van der Waals surface area contributed by atoms with Gasteiger partial charge in [-0.25, -0.2) is 0 Å². The van der Waals surface area contributed by atoms with Crippen LogP contribution in [0.25, 0.3) is 0 Å². The van der Waals surface area contributed by atoms with Gasteiger partial charge in [0.15, 0.2) is 5.78 Å². The molecule has 0 heterocycles. The lowest BCUT2D eigenvalue weighted by molar-refractivity contribution is 0.0835. The number of carbonyl (C=O) groups is 1. The number of likely N-dealkylation sites (N-methyl/N-ethyl adjacent to an activating group) is 1. The van der Waals surface area contributed by atoms with E-state index >= 15 is 0 Å². The molecule has 1 aromatic rings. The summed E-state index contributed by atoms with van der Waals surface area (Å²) in [5.74, 6) is 0.723. The smallest absolute Gasteiger partial charge is 0.179 e. The Morgan fingerprint density at radius 2 is 1.95 bits per heavy atom. The van der Waals surface area contributed by atoms with Gasteiger partial charge in [-0.05, 0) is 44.7 Å². The molecule has 0 saturated carbocycles. The molecule has 0 aliphatic rings. The van der Waals surface area contributed by atoms with Crippen molar-refractivity contribution in [2.75, 3.05) is 20.2 Å². The van der Waals surface area contributed by atoms with Gasteiger partial charge in [0.05, 0.1) is 25.1 Å². The SMILES string of the molecule is CCN(CC(C)C#N)C(C)C(=O)c1ccc(OC)cc1. The molecule has 20 heavy (non-hydrogen) atoms. The quantitative estimate of drug-likeness (QED) is 0.717. The van der Waals surface area contributed by atoms with E-state index in [9.17, 15) is 4.79 Å². The molecule has 2 unspecified atom stereocenters. The third-order valence-corrected chi connectivity index (χ3v) is 3.44. The van der Waals surface area contributed by atoms with Crippen molar-refractivity contribution in [2.24, 2.45) is 5.92 Å². The normalized spacial score (nSPS) is 13.6. The van der Waals surface area contributed by atoms with E-state index in [2.05, 4.69) is 6.07 Å². The van der Waals surface area contributed by atoms with Crippen molar-refractivity contribution in [3.8, 4) is 11.8 Å².